The number of rotatable bonds is 3. The summed E-state index contributed by atoms with van der Waals surface area (Å²) in [6.45, 7) is 0. The summed E-state index contributed by atoms with van der Waals surface area (Å²) in [4.78, 5) is 50.7. The lowest BCUT2D eigenvalue weighted by atomic mass is 9.84. The van der Waals surface area contributed by atoms with Gasteiger partial charge in [-0.05, 0) is 36.4 Å². The van der Waals surface area contributed by atoms with Crippen LogP contribution < -0.4 is 4.90 Å². The molecule has 1 saturated heterocycles. The zero-order chi connectivity index (χ0) is 23.6. The summed E-state index contributed by atoms with van der Waals surface area (Å²) in [5.41, 5.74) is 1.70. The summed E-state index contributed by atoms with van der Waals surface area (Å²) in [6, 6.07) is 17.5. The number of anilines is 1. The molecule has 6 rings (SSSR count). The molecule has 3 atom stereocenters. The number of ketones is 1. The maximum atomic E-state index is 13.7. The van der Waals surface area contributed by atoms with Crippen molar-refractivity contribution in [3.8, 4) is 0 Å². The Morgan fingerprint density at radius 2 is 1.56 bits per heavy atom. The van der Waals surface area contributed by atoms with Crippen LogP contribution in [0.15, 0.2) is 83.5 Å². The molecule has 7 nitrogen and oxygen atoms in total. The number of aliphatic hydroxyl groups excluding tert-OH is 1. The van der Waals surface area contributed by atoms with E-state index in [1.54, 1.807) is 72.9 Å². The van der Waals surface area contributed by atoms with Gasteiger partial charge >= 0.3 is 0 Å². The highest BCUT2D eigenvalue weighted by Crippen LogP contribution is 2.48. The Morgan fingerprint density at radius 1 is 0.853 bits per heavy atom. The molecule has 1 aromatic heterocycles. The monoisotopic (exact) mass is 469 g/mol. The number of Topliss-reactive ketones (excluding diaryl/α,β-unsaturated/α-hetero) is 1. The molecule has 1 N–H and O–H groups in total. The first kappa shape index (κ1) is 20.5. The van der Waals surface area contributed by atoms with Gasteiger partial charge in [0.15, 0.2) is 5.78 Å². The van der Waals surface area contributed by atoms with Crippen molar-refractivity contribution in [2.45, 2.75) is 6.04 Å². The van der Waals surface area contributed by atoms with E-state index < -0.39 is 35.5 Å². The van der Waals surface area contributed by atoms with Gasteiger partial charge in [-0.1, -0.05) is 41.9 Å². The van der Waals surface area contributed by atoms with Gasteiger partial charge in [-0.15, -0.1) is 0 Å². The largest absolute Gasteiger partial charge is 0.506 e. The molecule has 8 heteroatoms. The fourth-order valence-electron chi connectivity index (χ4n) is 4.98. The van der Waals surface area contributed by atoms with Gasteiger partial charge in [0.2, 0.25) is 11.8 Å². The van der Waals surface area contributed by atoms with Crippen molar-refractivity contribution in [2.75, 3.05) is 4.90 Å². The van der Waals surface area contributed by atoms with Gasteiger partial charge < -0.3 is 5.11 Å². The molecule has 34 heavy (non-hydrogen) atoms. The number of benzene rings is 2. The van der Waals surface area contributed by atoms with E-state index in [4.69, 9.17) is 11.6 Å². The van der Waals surface area contributed by atoms with Crippen molar-refractivity contribution in [1.82, 2.24) is 4.98 Å². The topological polar surface area (TPSA) is 99.9 Å². The molecule has 2 amide bonds. The average molecular weight is 470 g/mol. The van der Waals surface area contributed by atoms with Crippen LogP contribution >= 0.6 is 11.6 Å². The number of imide groups is 1. The molecule has 1 aliphatic carbocycles. The van der Waals surface area contributed by atoms with Crippen LogP contribution in [0.25, 0.3) is 5.76 Å². The van der Waals surface area contributed by atoms with Crippen LogP contribution in [0, 0.1) is 11.8 Å². The predicted octanol–water partition coefficient (Wildman–Crippen LogP) is 4.20. The number of carbonyl (C=O) groups excluding carboxylic acids is 3. The Morgan fingerprint density at radius 3 is 2.24 bits per heavy atom. The number of nitrogens with zero attached hydrogens (tertiary/aromatic N) is 3. The summed E-state index contributed by atoms with van der Waals surface area (Å²) in [7, 11) is 0. The van der Waals surface area contributed by atoms with E-state index in [0.29, 0.717) is 27.5 Å². The third-order valence-electron chi connectivity index (χ3n) is 6.49. The Kier molecular flexibility index (Phi) is 4.50. The number of pyridine rings is 1. The van der Waals surface area contributed by atoms with Gasteiger partial charge in [-0.3, -0.25) is 24.4 Å². The highest BCUT2D eigenvalue weighted by atomic mass is 35.5. The molecule has 1 fully saturated rings. The summed E-state index contributed by atoms with van der Waals surface area (Å²) >= 11 is 5.99. The molecule has 2 aromatic carbocycles. The minimum atomic E-state index is -1.02. The lowest BCUT2D eigenvalue weighted by Gasteiger charge is -2.18. The molecule has 3 aromatic rings. The highest BCUT2D eigenvalue weighted by Gasteiger charge is 2.59. The quantitative estimate of drug-likeness (QED) is 0.579. The second-order valence-electron chi connectivity index (χ2n) is 8.30. The van der Waals surface area contributed by atoms with Gasteiger partial charge in [0.1, 0.15) is 11.8 Å². The Bertz CT molecular complexity index is 1450. The molecule has 3 heterocycles. The molecule has 3 aliphatic rings. The molecular formula is C26H16ClN3O4. The molecule has 2 aliphatic heterocycles. The first-order chi connectivity index (χ1) is 16.5. The Labute approximate surface area is 199 Å². The zero-order valence-electron chi connectivity index (χ0n) is 17.6. The van der Waals surface area contributed by atoms with E-state index in [-0.39, 0.29) is 17.0 Å². The van der Waals surface area contributed by atoms with Crippen molar-refractivity contribution >= 4 is 46.4 Å². The Balaban J connectivity index is 1.51. The van der Waals surface area contributed by atoms with E-state index in [9.17, 15) is 19.5 Å². The van der Waals surface area contributed by atoms with Crippen molar-refractivity contribution in [1.29, 1.82) is 0 Å². The third-order valence-corrected chi connectivity index (χ3v) is 6.74. The molecule has 0 bridgehead atoms. The number of hydrogen-bond donors (Lipinski definition) is 1. The molecule has 0 unspecified atom stereocenters. The van der Waals surface area contributed by atoms with E-state index in [1.165, 1.54) is 0 Å². The van der Waals surface area contributed by atoms with Crippen molar-refractivity contribution in [2.24, 2.45) is 16.8 Å². The van der Waals surface area contributed by atoms with Crippen LogP contribution in [0.4, 0.5) is 5.69 Å². The number of aromatic nitrogens is 1. The van der Waals surface area contributed by atoms with Gasteiger partial charge in [-0.25, -0.2) is 4.90 Å². The minimum absolute atomic E-state index is 0.0336. The maximum absolute atomic E-state index is 13.7. The number of aliphatic imine (C=N–C) groups is 1. The van der Waals surface area contributed by atoms with Crippen LogP contribution in [-0.2, 0) is 9.59 Å². The van der Waals surface area contributed by atoms with Crippen LogP contribution in [0.2, 0.25) is 5.02 Å². The Hall–Kier alpha value is -4.10. The molecule has 166 valence electrons. The lowest BCUT2D eigenvalue weighted by molar-refractivity contribution is -0.122. The lowest BCUT2D eigenvalue weighted by Crippen LogP contribution is -2.33. The molecule has 0 radical (unpaired) electrons. The van der Waals surface area contributed by atoms with E-state index in [1.807, 2.05) is 0 Å². The van der Waals surface area contributed by atoms with Gasteiger partial charge in [0.25, 0.3) is 0 Å². The van der Waals surface area contributed by atoms with Crippen molar-refractivity contribution in [3.05, 3.63) is 100 Å². The van der Waals surface area contributed by atoms with Gasteiger partial charge in [0, 0.05) is 22.3 Å². The SMILES string of the molecule is O=C1C(C2=N[C@@H](c3ccccn3)[C@H]3C(=O)N(c4ccc(Cl)cc4)C(=O)[C@@H]23)=C(O)c2ccccc21. The number of aliphatic hydroxyl groups is 1. The maximum Gasteiger partial charge on any atom is 0.243 e. The summed E-state index contributed by atoms with van der Waals surface area (Å²) in [5.74, 6) is -3.49. The fraction of sp³-hybridized carbons (Fsp3) is 0.115. The number of halogens is 1. The van der Waals surface area contributed by atoms with Crippen molar-refractivity contribution in [3.63, 3.8) is 0 Å². The van der Waals surface area contributed by atoms with Crippen LogP contribution in [0.5, 0.6) is 0 Å². The number of amides is 2. The van der Waals surface area contributed by atoms with E-state index >= 15 is 0 Å². The fourth-order valence-corrected chi connectivity index (χ4v) is 5.10. The second-order valence-corrected chi connectivity index (χ2v) is 8.74. The van der Waals surface area contributed by atoms with E-state index in [0.717, 1.165) is 4.90 Å². The van der Waals surface area contributed by atoms with Crippen LogP contribution in [-0.4, -0.2) is 33.4 Å². The average Bonchev–Trinajstić information content (AvgIpc) is 3.45. The van der Waals surface area contributed by atoms with Crippen LogP contribution in [0.1, 0.15) is 27.7 Å². The smallest absolute Gasteiger partial charge is 0.243 e. The standard InChI is InChI=1S/C26H16ClN3O4/c27-13-8-10-14(11-9-13)30-25(33)18-19(26(30)34)22(29-21(18)17-7-3-4-12-28-17)20-23(31)15-5-1-2-6-16(15)24(20)32/h1-12,18-19,21,31H/t18-,19+,21-/m0/s1. The highest BCUT2D eigenvalue weighted by molar-refractivity contribution is 6.42. The predicted molar refractivity (Wildman–Crippen MR) is 126 cm³/mol. The normalized spacial score (nSPS) is 23.4. The number of allylic oxidation sites excluding steroid dienone is 1. The third kappa shape index (κ3) is 2.80. The summed E-state index contributed by atoms with van der Waals surface area (Å²) in [5, 5.41) is 11.4. The van der Waals surface area contributed by atoms with Crippen LogP contribution in [0.3, 0.4) is 0 Å². The van der Waals surface area contributed by atoms with E-state index in [2.05, 4.69) is 9.98 Å². The number of carbonyl (C=O) groups is 3. The number of hydrogen-bond acceptors (Lipinski definition) is 6. The zero-order valence-corrected chi connectivity index (χ0v) is 18.3. The first-order valence-corrected chi connectivity index (χ1v) is 11.0. The van der Waals surface area contributed by atoms with Crippen molar-refractivity contribution < 1.29 is 19.5 Å². The molecule has 0 saturated carbocycles. The minimum Gasteiger partial charge on any atom is -0.506 e. The molecule has 0 spiro atoms. The summed E-state index contributed by atoms with van der Waals surface area (Å²) in [6.07, 6.45) is 1.59. The second kappa shape index (κ2) is 7.46. The molecular weight excluding hydrogens is 454 g/mol. The summed E-state index contributed by atoms with van der Waals surface area (Å²) < 4.78 is 0. The van der Waals surface area contributed by atoms with Gasteiger partial charge in [-0.2, -0.15) is 0 Å². The number of fused-ring (bicyclic) bond motifs is 2. The van der Waals surface area contributed by atoms with Gasteiger partial charge in [0.05, 0.1) is 34.5 Å². The first-order valence-electron chi connectivity index (χ1n) is 10.7.